The zero-order valence-corrected chi connectivity index (χ0v) is 11.2. The van der Waals surface area contributed by atoms with E-state index in [-0.39, 0.29) is 0 Å². The average molecular weight is 266 g/mol. The fourth-order valence-corrected chi connectivity index (χ4v) is 1.87. The minimum absolute atomic E-state index is 0.606. The van der Waals surface area contributed by atoms with Crippen LogP contribution in [0.4, 0.5) is 0 Å². The molecule has 0 unspecified atom stereocenters. The second-order valence-corrected chi connectivity index (χ2v) is 4.37. The molecule has 0 fully saturated rings. The second kappa shape index (κ2) is 5.89. The van der Waals surface area contributed by atoms with Gasteiger partial charge >= 0.3 is 0 Å². The molecular weight excluding hydrogens is 250 g/mol. The number of halogens is 1. The molecule has 0 amide bonds. The number of benzene rings is 1. The normalized spacial score (nSPS) is 10.6. The van der Waals surface area contributed by atoms with E-state index in [4.69, 9.17) is 16.3 Å². The van der Waals surface area contributed by atoms with Gasteiger partial charge in [0.2, 0.25) is 0 Å². The highest BCUT2D eigenvalue weighted by atomic mass is 35.5. The molecule has 1 N–H and O–H groups in total. The lowest BCUT2D eigenvalue weighted by Gasteiger charge is -2.11. The quantitative estimate of drug-likeness (QED) is 0.903. The van der Waals surface area contributed by atoms with Gasteiger partial charge in [0.15, 0.2) is 11.5 Å². The van der Waals surface area contributed by atoms with Gasteiger partial charge in [-0.15, -0.1) is 0 Å². The molecule has 0 saturated heterocycles. The van der Waals surface area contributed by atoms with Gasteiger partial charge in [0, 0.05) is 19.2 Å². The maximum Gasteiger partial charge on any atom is 0.165 e. The fourth-order valence-electron chi connectivity index (χ4n) is 1.64. The number of aromatic nitrogens is 2. The number of rotatable bonds is 5. The molecule has 0 aliphatic heterocycles. The third-order valence-corrected chi connectivity index (χ3v) is 2.81. The Morgan fingerprint density at radius 2 is 2.28 bits per heavy atom. The molecule has 0 bridgehead atoms. The standard InChI is InChI=1S/C13H16ClN3O/c1-3-15-7-10-5-4-6-12(14)13(10)18-11-8-16-17(2)9-11/h4-6,8-9,15H,3,7H2,1-2H3. The van der Waals surface area contributed by atoms with Gasteiger partial charge in [-0.05, 0) is 12.6 Å². The van der Waals surface area contributed by atoms with Crippen LogP contribution in [0.3, 0.4) is 0 Å². The van der Waals surface area contributed by atoms with Gasteiger partial charge in [-0.25, -0.2) is 0 Å². The molecular formula is C13H16ClN3O. The van der Waals surface area contributed by atoms with E-state index in [1.165, 1.54) is 0 Å². The Labute approximate surface area is 112 Å². The Kier molecular flexibility index (Phi) is 4.23. The topological polar surface area (TPSA) is 39.1 Å². The van der Waals surface area contributed by atoms with Gasteiger partial charge < -0.3 is 10.1 Å². The first-order valence-electron chi connectivity index (χ1n) is 5.85. The van der Waals surface area contributed by atoms with Crippen molar-refractivity contribution in [2.45, 2.75) is 13.5 Å². The molecule has 0 radical (unpaired) electrons. The number of nitrogens with zero attached hydrogens (tertiary/aromatic N) is 2. The van der Waals surface area contributed by atoms with Crippen molar-refractivity contribution in [3.8, 4) is 11.5 Å². The van der Waals surface area contributed by atoms with Crippen LogP contribution in [-0.4, -0.2) is 16.3 Å². The number of para-hydroxylation sites is 1. The highest BCUT2D eigenvalue weighted by molar-refractivity contribution is 6.32. The monoisotopic (exact) mass is 265 g/mol. The van der Waals surface area contributed by atoms with Crippen LogP contribution in [0.1, 0.15) is 12.5 Å². The highest BCUT2D eigenvalue weighted by Gasteiger charge is 2.10. The highest BCUT2D eigenvalue weighted by Crippen LogP contribution is 2.32. The molecule has 18 heavy (non-hydrogen) atoms. The van der Waals surface area contributed by atoms with Crippen molar-refractivity contribution in [1.29, 1.82) is 0 Å². The molecule has 1 aromatic heterocycles. The Morgan fingerprint density at radius 1 is 1.44 bits per heavy atom. The molecule has 0 aliphatic carbocycles. The summed E-state index contributed by atoms with van der Waals surface area (Å²) in [7, 11) is 1.85. The summed E-state index contributed by atoms with van der Waals surface area (Å²) in [6, 6.07) is 5.74. The van der Waals surface area contributed by atoms with E-state index in [2.05, 4.69) is 17.3 Å². The van der Waals surface area contributed by atoms with Crippen molar-refractivity contribution in [3.05, 3.63) is 41.2 Å². The van der Waals surface area contributed by atoms with Crippen molar-refractivity contribution < 1.29 is 4.74 Å². The van der Waals surface area contributed by atoms with Crippen LogP contribution >= 0.6 is 11.6 Å². The van der Waals surface area contributed by atoms with Gasteiger partial charge in [0.05, 0.1) is 17.4 Å². The predicted molar refractivity (Wildman–Crippen MR) is 72.1 cm³/mol. The minimum Gasteiger partial charge on any atom is -0.452 e. The SMILES string of the molecule is CCNCc1cccc(Cl)c1Oc1cnn(C)c1. The van der Waals surface area contributed by atoms with Gasteiger partial charge in [-0.1, -0.05) is 30.7 Å². The van der Waals surface area contributed by atoms with Crippen molar-refractivity contribution in [2.75, 3.05) is 6.54 Å². The summed E-state index contributed by atoms with van der Waals surface area (Å²) in [5, 5.41) is 7.94. The lowest BCUT2D eigenvalue weighted by molar-refractivity contribution is 0.473. The Morgan fingerprint density at radius 3 is 2.94 bits per heavy atom. The van der Waals surface area contributed by atoms with Crippen LogP contribution in [0, 0.1) is 0 Å². The van der Waals surface area contributed by atoms with E-state index >= 15 is 0 Å². The van der Waals surface area contributed by atoms with Crippen molar-refractivity contribution in [1.82, 2.24) is 15.1 Å². The molecule has 0 atom stereocenters. The molecule has 1 heterocycles. The molecule has 0 spiro atoms. The lowest BCUT2D eigenvalue weighted by Crippen LogP contribution is -2.12. The molecule has 2 aromatic rings. The van der Waals surface area contributed by atoms with Gasteiger partial charge in [0.25, 0.3) is 0 Å². The smallest absolute Gasteiger partial charge is 0.165 e. The summed E-state index contributed by atoms with van der Waals surface area (Å²) in [6.07, 6.45) is 3.47. The van der Waals surface area contributed by atoms with Crippen molar-refractivity contribution >= 4 is 11.6 Å². The summed E-state index contributed by atoms with van der Waals surface area (Å²) in [5.41, 5.74) is 1.04. The molecule has 0 aliphatic rings. The number of nitrogens with one attached hydrogen (secondary N) is 1. The summed E-state index contributed by atoms with van der Waals surface area (Å²) >= 11 is 6.19. The molecule has 4 nitrogen and oxygen atoms in total. The van der Waals surface area contributed by atoms with Crippen LogP contribution in [0.5, 0.6) is 11.5 Å². The Bertz CT molecular complexity index is 525. The van der Waals surface area contributed by atoms with E-state index in [0.717, 1.165) is 18.7 Å². The molecule has 5 heteroatoms. The van der Waals surface area contributed by atoms with Gasteiger partial charge in [-0.2, -0.15) is 5.10 Å². The number of aryl methyl sites for hydroxylation is 1. The molecule has 1 aromatic carbocycles. The van der Waals surface area contributed by atoms with Crippen molar-refractivity contribution in [3.63, 3.8) is 0 Å². The predicted octanol–water partition coefficient (Wildman–Crippen LogP) is 2.98. The second-order valence-electron chi connectivity index (χ2n) is 3.96. The maximum absolute atomic E-state index is 6.19. The Balaban J connectivity index is 2.24. The summed E-state index contributed by atoms with van der Waals surface area (Å²) in [4.78, 5) is 0. The van der Waals surface area contributed by atoms with Crippen LogP contribution in [-0.2, 0) is 13.6 Å². The number of hydrogen-bond acceptors (Lipinski definition) is 3. The van der Waals surface area contributed by atoms with Crippen LogP contribution in [0.2, 0.25) is 5.02 Å². The van der Waals surface area contributed by atoms with E-state index in [9.17, 15) is 0 Å². The summed E-state index contributed by atoms with van der Waals surface area (Å²) < 4.78 is 7.49. The lowest BCUT2D eigenvalue weighted by atomic mass is 10.2. The fraction of sp³-hybridized carbons (Fsp3) is 0.308. The largest absolute Gasteiger partial charge is 0.452 e. The number of ether oxygens (including phenoxy) is 1. The molecule has 0 saturated carbocycles. The Hall–Kier alpha value is -1.52. The first-order valence-corrected chi connectivity index (χ1v) is 6.23. The van der Waals surface area contributed by atoms with E-state index in [0.29, 0.717) is 16.5 Å². The summed E-state index contributed by atoms with van der Waals surface area (Å²) in [5.74, 6) is 1.37. The minimum atomic E-state index is 0.606. The zero-order chi connectivity index (χ0) is 13.0. The first-order chi connectivity index (χ1) is 8.70. The van der Waals surface area contributed by atoms with Gasteiger partial charge in [0.1, 0.15) is 0 Å². The summed E-state index contributed by atoms with van der Waals surface area (Å²) in [6.45, 7) is 3.69. The van der Waals surface area contributed by atoms with E-state index < -0.39 is 0 Å². The van der Waals surface area contributed by atoms with E-state index in [1.54, 1.807) is 17.1 Å². The average Bonchev–Trinajstić information content (AvgIpc) is 2.76. The number of hydrogen-bond donors (Lipinski definition) is 1. The van der Waals surface area contributed by atoms with Crippen LogP contribution in [0.25, 0.3) is 0 Å². The third-order valence-electron chi connectivity index (χ3n) is 2.52. The maximum atomic E-state index is 6.19. The first kappa shape index (κ1) is 12.9. The van der Waals surface area contributed by atoms with Gasteiger partial charge in [-0.3, -0.25) is 4.68 Å². The zero-order valence-electron chi connectivity index (χ0n) is 10.5. The third kappa shape index (κ3) is 3.03. The molecule has 2 rings (SSSR count). The van der Waals surface area contributed by atoms with Crippen molar-refractivity contribution in [2.24, 2.45) is 7.05 Å². The molecule has 96 valence electrons. The van der Waals surface area contributed by atoms with E-state index in [1.807, 2.05) is 25.2 Å². The van der Waals surface area contributed by atoms with Crippen LogP contribution < -0.4 is 10.1 Å². The van der Waals surface area contributed by atoms with Crippen LogP contribution in [0.15, 0.2) is 30.6 Å².